The molecule has 0 amide bonds. The summed E-state index contributed by atoms with van der Waals surface area (Å²) in [6.45, 7) is 4.43. The molecule has 0 saturated carbocycles. The molecule has 1 aliphatic heterocycles. The van der Waals surface area contributed by atoms with Crippen LogP contribution in [0.2, 0.25) is 0 Å². The third-order valence-electron chi connectivity index (χ3n) is 6.68. The minimum atomic E-state index is -1.53. The highest BCUT2D eigenvalue weighted by atomic mass is 16.7. The van der Waals surface area contributed by atoms with Gasteiger partial charge in [-0.05, 0) is 56.5 Å². The van der Waals surface area contributed by atoms with Crippen LogP contribution in [-0.2, 0) is 17.6 Å². The van der Waals surface area contributed by atoms with Gasteiger partial charge in [-0.2, -0.15) is 0 Å². The van der Waals surface area contributed by atoms with Crippen molar-refractivity contribution in [3.05, 3.63) is 59.9 Å². The van der Waals surface area contributed by atoms with Gasteiger partial charge in [0.1, 0.15) is 48.1 Å². The maximum absolute atomic E-state index is 10.4. The summed E-state index contributed by atoms with van der Waals surface area (Å²) in [5.41, 5.74) is 2.21. The quantitative estimate of drug-likeness (QED) is 0.188. The first kappa shape index (κ1) is 28.3. The van der Waals surface area contributed by atoms with E-state index in [0.717, 1.165) is 22.3 Å². The second-order valence-corrected chi connectivity index (χ2v) is 10.2. The lowest BCUT2D eigenvalue weighted by Crippen LogP contribution is -2.60. The van der Waals surface area contributed by atoms with E-state index in [2.05, 4.69) is 5.32 Å². The second-order valence-electron chi connectivity index (χ2n) is 10.2. The number of hydrogen-bond acceptors (Lipinski definition) is 10. The molecular weight excluding hydrogens is 494 g/mol. The van der Waals surface area contributed by atoms with E-state index in [1.54, 1.807) is 24.5 Å². The Hall–Kier alpha value is -2.70. The zero-order valence-corrected chi connectivity index (χ0v) is 21.6. The summed E-state index contributed by atoms with van der Waals surface area (Å²) in [7, 11) is 0. The molecule has 0 unspecified atom stereocenters. The van der Waals surface area contributed by atoms with Crippen LogP contribution in [-0.4, -0.2) is 88.1 Å². The fraction of sp³-hybridized carbons (Fsp3) is 0.500. The number of rotatable bonds is 12. The molecule has 10 heteroatoms. The van der Waals surface area contributed by atoms with E-state index in [-0.39, 0.29) is 12.1 Å². The molecule has 0 spiro atoms. The normalized spacial score (nSPS) is 24.0. The van der Waals surface area contributed by atoms with Crippen molar-refractivity contribution in [3.63, 3.8) is 0 Å². The summed E-state index contributed by atoms with van der Waals surface area (Å²) in [6.07, 6.45) is -3.84. The number of hydrogen-bond donors (Lipinski definition) is 6. The van der Waals surface area contributed by atoms with Gasteiger partial charge < -0.3 is 49.5 Å². The Balaban J connectivity index is 1.42. The first-order chi connectivity index (χ1) is 18.2. The minimum absolute atomic E-state index is 0.0421. The number of benzene rings is 2. The van der Waals surface area contributed by atoms with Crippen LogP contribution in [0, 0.1) is 0 Å². The van der Waals surface area contributed by atoms with Gasteiger partial charge in [0.15, 0.2) is 0 Å². The molecule has 0 bridgehead atoms. The third kappa shape index (κ3) is 6.65. The Morgan fingerprint density at radius 3 is 2.53 bits per heavy atom. The lowest BCUT2D eigenvalue weighted by molar-refractivity contribution is -0.277. The lowest BCUT2D eigenvalue weighted by Gasteiger charge is -2.39. The number of ether oxygens (including phenoxy) is 3. The van der Waals surface area contributed by atoms with Crippen molar-refractivity contribution in [3.8, 4) is 11.5 Å². The SMILES string of the molecule is CC(C)(CO)NCCOc1cccc(CCc2coc3cccc(O[C@@H]4O[C@H](CO)[C@@H](O)[C@H](O)[C@H]4O)c23)c1. The third-order valence-corrected chi connectivity index (χ3v) is 6.68. The number of aliphatic hydroxyl groups is 5. The standard InChI is InChI=1S/C28H37NO9/c1-28(2,16-31)29-11-12-35-19-6-3-5-17(13-19)9-10-18-15-36-20-7-4-8-21(23(18)20)37-27-26(34)25(33)24(32)22(14-30)38-27/h3-8,13,15,22,24-27,29-34H,9-12,14,16H2,1-2H3/t22-,24-,25+,26-,27-/m1/s1. The van der Waals surface area contributed by atoms with Crippen LogP contribution in [0.15, 0.2) is 53.1 Å². The summed E-state index contributed by atoms with van der Waals surface area (Å²) >= 11 is 0. The highest BCUT2D eigenvalue weighted by Crippen LogP contribution is 2.34. The minimum Gasteiger partial charge on any atom is -0.492 e. The molecule has 2 heterocycles. The summed E-state index contributed by atoms with van der Waals surface area (Å²) in [4.78, 5) is 0. The van der Waals surface area contributed by atoms with E-state index < -0.39 is 37.3 Å². The fourth-order valence-electron chi connectivity index (χ4n) is 4.38. The van der Waals surface area contributed by atoms with Gasteiger partial charge in [0.25, 0.3) is 0 Å². The molecule has 208 valence electrons. The number of fused-ring (bicyclic) bond motifs is 1. The maximum atomic E-state index is 10.4. The Morgan fingerprint density at radius 1 is 0.974 bits per heavy atom. The largest absolute Gasteiger partial charge is 0.492 e. The maximum Gasteiger partial charge on any atom is 0.229 e. The predicted molar refractivity (Wildman–Crippen MR) is 139 cm³/mol. The fourth-order valence-corrected chi connectivity index (χ4v) is 4.38. The average Bonchev–Trinajstić information content (AvgIpc) is 3.34. The van der Waals surface area contributed by atoms with Gasteiger partial charge in [0, 0.05) is 17.6 Å². The first-order valence-corrected chi connectivity index (χ1v) is 12.8. The van der Waals surface area contributed by atoms with E-state index in [1.807, 2.05) is 38.1 Å². The van der Waals surface area contributed by atoms with Gasteiger partial charge in [0.2, 0.25) is 6.29 Å². The zero-order chi connectivity index (χ0) is 27.3. The smallest absolute Gasteiger partial charge is 0.229 e. The Bertz CT molecular complexity index is 1180. The molecule has 2 aromatic carbocycles. The Kier molecular flexibility index (Phi) is 9.27. The molecule has 0 radical (unpaired) electrons. The van der Waals surface area contributed by atoms with Crippen LogP contribution < -0.4 is 14.8 Å². The summed E-state index contributed by atoms with van der Waals surface area (Å²) in [5, 5.41) is 53.3. The van der Waals surface area contributed by atoms with E-state index in [9.17, 15) is 25.5 Å². The molecule has 38 heavy (non-hydrogen) atoms. The van der Waals surface area contributed by atoms with Crippen LogP contribution in [0.5, 0.6) is 11.5 Å². The van der Waals surface area contributed by atoms with Crippen LogP contribution >= 0.6 is 0 Å². The first-order valence-electron chi connectivity index (χ1n) is 12.8. The van der Waals surface area contributed by atoms with E-state index >= 15 is 0 Å². The van der Waals surface area contributed by atoms with Gasteiger partial charge >= 0.3 is 0 Å². The second kappa shape index (κ2) is 12.4. The molecule has 1 aliphatic rings. The van der Waals surface area contributed by atoms with Crippen molar-refractivity contribution < 1.29 is 44.2 Å². The van der Waals surface area contributed by atoms with Crippen molar-refractivity contribution >= 4 is 11.0 Å². The molecule has 0 aliphatic carbocycles. The average molecular weight is 532 g/mol. The molecule has 3 aromatic rings. The van der Waals surface area contributed by atoms with Crippen LogP contribution in [0.4, 0.5) is 0 Å². The topological polar surface area (TPSA) is 154 Å². The van der Waals surface area contributed by atoms with Crippen LogP contribution in [0.1, 0.15) is 25.0 Å². The molecule has 4 rings (SSSR count). The van der Waals surface area contributed by atoms with Gasteiger partial charge in [0.05, 0.1) is 24.9 Å². The van der Waals surface area contributed by atoms with Crippen molar-refractivity contribution in [2.24, 2.45) is 0 Å². The summed E-state index contributed by atoms with van der Waals surface area (Å²) in [5.74, 6) is 1.15. The lowest BCUT2D eigenvalue weighted by atomic mass is 9.99. The van der Waals surface area contributed by atoms with Crippen molar-refractivity contribution in [1.29, 1.82) is 0 Å². The van der Waals surface area contributed by atoms with E-state index in [0.29, 0.717) is 37.3 Å². The molecular formula is C28H37NO9. The van der Waals surface area contributed by atoms with Crippen molar-refractivity contribution in [2.45, 2.75) is 62.9 Å². The number of nitrogens with one attached hydrogen (secondary N) is 1. The molecule has 10 nitrogen and oxygen atoms in total. The number of aryl methyl sites for hydroxylation is 2. The van der Waals surface area contributed by atoms with Gasteiger partial charge in [-0.1, -0.05) is 18.2 Å². The van der Waals surface area contributed by atoms with Crippen LogP contribution in [0.3, 0.4) is 0 Å². The predicted octanol–water partition coefficient (Wildman–Crippen LogP) is 1.14. The Morgan fingerprint density at radius 2 is 1.76 bits per heavy atom. The van der Waals surface area contributed by atoms with Crippen LogP contribution in [0.25, 0.3) is 11.0 Å². The number of furan rings is 1. The highest BCUT2D eigenvalue weighted by molar-refractivity contribution is 5.87. The Labute approximate surface area is 221 Å². The van der Waals surface area contributed by atoms with E-state index in [4.69, 9.17) is 18.6 Å². The highest BCUT2D eigenvalue weighted by Gasteiger charge is 2.44. The zero-order valence-electron chi connectivity index (χ0n) is 21.6. The molecule has 1 saturated heterocycles. The van der Waals surface area contributed by atoms with Crippen molar-refractivity contribution in [2.75, 3.05) is 26.4 Å². The molecule has 1 fully saturated rings. The molecule has 6 N–H and O–H groups in total. The molecule has 1 aromatic heterocycles. The van der Waals surface area contributed by atoms with Gasteiger partial charge in [-0.25, -0.2) is 0 Å². The van der Waals surface area contributed by atoms with Crippen molar-refractivity contribution in [1.82, 2.24) is 5.32 Å². The van der Waals surface area contributed by atoms with Gasteiger partial charge in [-0.15, -0.1) is 0 Å². The van der Waals surface area contributed by atoms with Gasteiger partial charge in [-0.3, -0.25) is 0 Å². The number of aliphatic hydroxyl groups excluding tert-OH is 5. The monoisotopic (exact) mass is 531 g/mol. The summed E-state index contributed by atoms with van der Waals surface area (Å²) < 4.78 is 23.1. The van der Waals surface area contributed by atoms with E-state index in [1.165, 1.54) is 0 Å². The molecule has 5 atom stereocenters. The summed E-state index contributed by atoms with van der Waals surface area (Å²) in [6, 6.07) is 13.1.